The number of amides is 1. The SMILES string of the molecule is Cc1cc(CNCC(=O)Nc2cccc(F)c2)no1. The van der Waals surface area contributed by atoms with E-state index in [1.807, 2.05) is 0 Å². The van der Waals surface area contributed by atoms with Crippen molar-refractivity contribution >= 4 is 11.6 Å². The number of aryl methyl sites for hydroxylation is 1. The highest BCUT2D eigenvalue weighted by Crippen LogP contribution is 2.08. The third-order valence-corrected chi connectivity index (χ3v) is 2.38. The van der Waals surface area contributed by atoms with Crippen LogP contribution in [0.15, 0.2) is 34.9 Å². The molecule has 1 aromatic carbocycles. The molecule has 0 saturated heterocycles. The van der Waals surface area contributed by atoms with E-state index in [1.54, 1.807) is 19.1 Å². The van der Waals surface area contributed by atoms with Crippen LogP contribution >= 0.6 is 0 Å². The van der Waals surface area contributed by atoms with Crippen molar-refractivity contribution in [2.45, 2.75) is 13.5 Å². The fourth-order valence-electron chi connectivity index (χ4n) is 1.58. The Balaban J connectivity index is 1.76. The number of anilines is 1. The molecule has 6 heteroatoms. The Morgan fingerprint density at radius 1 is 1.42 bits per heavy atom. The molecule has 0 unspecified atom stereocenters. The van der Waals surface area contributed by atoms with E-state index in [-0.39, 0.29) is 18.3 Å². The zero-order valence-corrected chi connectivity index (χ0v) is 10.4. The Kier molecular flexibility index (Phi) is 4.25. The molecule has 2 rings (SSSR count). The van der Waals surface area contributed by atoms with Crippen LogP contribution in [0.1, 0.15) is 11.5 Å². The summed E-state index contributed by atoms with van der Waals surface area (Å²) in [6.45, 7) is 2.35. The molecular weight excluding hydrogens is 249 g/mol. The summed E-state index contributed by atoms with van der Waals surface area (Å²) in [5, 5.41) is 9.30. The molecule has 1 aromatic heterocycles. The summed E-state index contributed by atoms with van der Waals surface area (Å²) in [7, 11) is 0. The molecule has 0 aliphatic heterocycles. The van der Waals surface area contributed by atoms with Gasteiger partial charge in [0.15, 0.2) is 0 Å². The zero-order chi connectivity index (χ0) is 13.7. The number of benzene rings is 1. The van der Waals surface area contributed by atoms with E-state index in [2.05, 4.69) is 15.8 Å². The maximum atomic E-state index is 12.9. The first-order chi connectivity index (χ1) is 9.13. The van der Waals surface area contributed by atoms with Crippen LogP contribution in [-0.4, -0.2) is 17.6 Å². The van der Waals surface area contributed by atoms with Crippen LogP contribution in [0.25, 0.3) is 0 Å². The third kappa shape index (κ3) is 4.18. The molecule has 1 heterocycles. The molecule has 0 aliphatic rings. The molecule has 0 atom stereocenters. The normalized spacial score (nSPS) is 10.4. The number of hydrogen-bond donors (Lipinski definition) is 2. The fourth-order valence-corrected chi connectivity index (χ4v) is 1.58. The number of halogens is 1. The Hall–Kier alpha value is -2.21. The molecule has 0 spiro atoms. The average Bonchev–Trinajstić information content (AvgIpc) is 2.75. The van der Waals surface area contributed by atoms with Gasteiger partial charge in [0.05, 0.1) is 12.2 Å². The van der Waals surface area contributed by atoms with E-state index in [9.17, 15) is 9.18 Å². The predicted molar refractivity (Wildman–Crippen MR) is 68.0 cm³/mol. The zero-order valence-electron chi connectivity index (χ0n) is 10.4. The van der Waals surface area contributed by atoms with Crippen LogP contribution in [-0.2, 0) is 11.3 Å². The van der Waals surface area contributed by atoms with Gasteiger partial charge in [0.1, 0.15) is 11.6 Å². The highest BCUT2D eigenvalue weighted by atomic mass is 19.1. The first-order valence-corrected chi connectivity index (χ1v) is 5.82. The van der Waals surface area contributed by atoms with Gasteiger partial charge in [0, 0.05) is 18.3 Å². The first kappa shape index (κ1) is 13.2. The van der Waals surface area contributed by atoms with Crippen molar-refractivity contribution in [2.24, 2.45) is 0 Å². The van der Waals surface area contributed by atoms with Crippen molar-refractivity contribution < 1.29 is 13.7 Å². The minimum absolute atomic E-state index is 0.114. The predicted octanol–water partition coefficient (Wildman–Crippen LogP) is 1.85. The van der Waals surface area contributed by atoms with Crippen molar-refractivity contribution in [3.8, 4) is 0 Å². The second kappa shape index (κ2) is 6.10. The standard InChI is InChI=1S/C13H14FN3O2/c1-9-5-12(17-19-9)7-15-8-13(18)16-11-4-2-3-10(14)6-11/h2-6,15H,7-8H2,1H3,(H,16,18). The van der Waals surface area contributed by atoms with Gasteiger partial charge in [0.25, 0.3) is 0 Å². The Bertz CT molecular complexity index is 569. The molecular formula is C13H14FN3O2. The average molecular weight is 263 g/mol. The van der Waals surface area contributed by atoms with Gasteiger partial charge in [-0.1, -0.05) is 11.2 Å². The van der Waals surface area contributed by atoms with Crippen LogP contribution in [0, 0.1) is 12.7 Å². The van der Waals surface area contributed by atoms with Crippen molar-refractivity contribution in [3.05, 3.63) is 47.6 Å². The highest BCUT2D eigenvalue weighted by Gasteiger charge is 2.04. The van der Waals surface area contributed by atoms with E-state index in [4.69, 9.17) is 4.52 Å². The second-order valence-corrected chi connectivity index (χ2v) is 4.09. The molecule has 19 heavy (non-hydrogen) atoms. The number of nitrogens with one attached hydrogen (secondary N) is 2. The molecule has 0 fully saturated rings. The molecule has 0 bridgehead atoms. The lowest BCUT2D eigenvalue weighted by atomic mass is 10.3. The van der Waals surface area contributed by atoms with Gasteiger partial charge in [-0.15, -0.1) is 0 Å². The second-order valence-electron chi connectivity index (χ2n) is 4.09. The van der Waals surface area contributed by atoms with E-state index >= 15 is 0 Å². The van der Waals surface area contributed by atoms with Crippen molar-refractivity contribution in [3.63, 3.8) is 0 Å². The van der Waals surface area contributed by atoms with Crippen molar-refractivity contribution in [1.82, 2.24) is 10.5 Å². The number of nitrogens with zero attached hydrogens (tertiary/aromatic N) is 1. The van der Waals surface area contributed by atoms with E-state index < -0.39 is 0 Å². The van der Waals surface area contributed by atoms with Crippen LogP contribution < -0.4 is 10.6 Å². The summed E-state index contributed by atoms with van der Waals surface area (Å²) < 4.78 is 17.8. The number of carbonyl (C=O) groups excluding carboxylic acids is 1. The van der Waals surface area contributed by atoms with Crippen LogP contribution in [0.4, 0.5) is 10.1 Å². The number of hydrogen-bond acceptors (Lipinski definition) is 4. The molecule has 1 amide bonds. The molecule has 100 valence electrons. The van der Waals surface area contributed by atoms with Gasteiger partial charge in [-0.3, -0.25) is 4.79 Å². The van der Waals surface area contributed by atoms with E-state index in [0.717, 1.165) is 11.5 Å². The van der Waals surface area contributed by atoms with Gasteiger partial charge in [0.2, 0.25) is 5.91 Å². The lowest BCUT2D eigenvalue weighted by Gasteiger charge is -2.05. The minimum Gasteiger partial charge on any atom is -0.361 e. The molecule has 2 N–H and O–H groups in total. The van der Waals surface area contributed by atoms with Gasteiger partial charge in [-0.25, -0.2) is 4.39 Å². The summed E-state index contributed by atoms with van der Waals surface area (Å²) in [6, 6.07) is 7.54. The van der Waals surface area contributed by atoms with E-state index in [1.165, 1.54) is 18.2 Å². The van der Waals surface area contributed by atoms with Crippen LogP contribution in [0.3, 0.4) is 0 Å². The third-order valence-electron chi connectivity index (χ3n) is 2.38. The lowest BCUT2D eigenvalue weighted by Crippen LogP contribution is -2.27. The fraction of sp³-hybridized carbons (Fsp3) is 0.231. The Morgan fingerprint density at radius 3 is 2.95 bits per heavy atom. The molecule has 0 saturated carbocycles. The first-order valence-electron chi connectivity index (χ1n) is 5.82. The van der Waals surface area contributed by atoms with Gasteiger partial charge in [-0.2, -0.15) is 0 Å². The van der Waals surface area contributed by atoms with Gasteiger partial charge >= 0.3 is 0 Å². The molecule has 5 nitrogen and oxygen atoms in total. The molecule has 2 aromatic rings. The number of aromatic nitrogens is 1. The van der Waals surface area contributed by atoms with Gasteiger partial charge < -0.3 is 15.2 Å². The smallest absolute Gasteiger partial charge is 0.238 e. The van der Waals surface area contributed by atoms with Crippen molar-refractivity contribution in [1.29, 1.82) is 0 Å². The minimum atomic E-state index is -0.385. The quantitative estimate of drug-likeness (QED) is 0.864. The van der Waals surface area contributed by atoms with E-state index in [0.29, 0.717) is 12.2 Å². The molecule has 0 radical (unpaired) electrons. The maximum absolute atomic E-state index is 12.9. The topological polar surface area (TPSA) is 67.2 Å². The van der Waals surface area contributed by atoms with Crippen molar-refractivity contribution in [2.75, 3.05) is 11.9 Å². The number of rotatable bonds is 5. The van der Waals surface area contributed by atoms with Crippen LogP contribution in [0.5, 0.6) is 0 Å². The largest absolute Gasteiger partial charge is 0.361 e. The maximum Gasteiger partial charge on any atom is 0.238 e. The summed E-state index contributed by atoms with van der Waals surface area (Å²) >= 11 is 0. The number of carbonyl (C=O) groups is 1. The summed E-state index contributed by atoms with van der Waals surface area (Å²) in [5.74, 6) is 0.0932. The van der Waals surface area contributed by atoms with Crippen LogP contribution in [0.2, 0.25) is 0 Å². The summed E-state index contributed by atoms with van der Waals surface area (Å²) in [4.78, 5) is 11.6. The molecule has 0 aliphatic carbocycles. The Morgan fingerprint density at radius 2 is 2.26 bits per heavy atom. The van der Waals surface area contributed by atoms with Gasteiger partial charge in [-0.05, 0) is 25.1 Å². The lowest BCUT2D eigenvalue weighted by molar-refractivity contribution is -0.115. The summed E-state index contributed by atoms with van der Waals surface area (Å²) in [6.07, 6.45) is 0. The summed E-state index contributed by atoms with van der Waals surface area (Å²) in [5.41, 5.74) is 1.17. The monoisotopic (exact) mass is 263 g/mol. The highest BCUT2D eigenvalue weighted by molar-refractivity contribution is 5.92. The Labute approximate surface area is 109 Å².